The number of amides is 1. The number of hydrogen-bond acceptors (Lipinski definition) is 3. The standard InChI is InChI=1S/C13H15Br2NO4/c1-2-3-10(13(18)19)16-12(17)7-20-11-5-4-8(14)6-9(11)15/h4-6,10H,2-3,7H2,1H3,(H,16,17)(H,18,19)/t10-/m1/s1. The van der Waals surface area contributed by atoms with E-state index in [0.29, 0.717) is 23.1 Å². The van der Waals surface area contributed by atoms with Crippen LogP contribution in [-0.4, -0.2) is 29.6 Å². The molecule has 5 nitrogen and oxygen atoms in total. The molecule has 0 aliphatic carbocycles. The van der Waals surface area contributed by atoms with Crippen LogP contribution in [0.3, 0.4) is 0 Å². The van der Waals surface area contributed by atoms with Crippen LogP contribution in [-0.2, 0) is 9.59 Å². The lowest BCUT2D eigenvalue weighted by atomic mass is 10.2. The predicted molar refractivity (Wildman–Crippen MR) is 81.8 cm³/mol. The van der Waals surface area contributed by atoms with E-state index < -0.39 is 17.9 Å². The lowest BCUT2D eigenvalue weighted by Gasteiger charge is -2.14. The minimum atomic E-state index is -1.04. The van der Waals surface area contributed by atoms with Crippen LogP contribution in [0.15, 0.2) is 27.1 Å². The molecular formula is C13H15Br2NO4. The summed E-state index contributed by atoms with van der Waals surface area (Å²) in [6, 6.07) is 4.42. The van der Waals surface area contributed by atoms with E-state index in [1.165, 1.54) is 0 Å². The Balaban J connectivity index is 2.52. The van der Waals surface area contributed by atoms with E-state index in [9.17, 15) is 9.59 Å². The number of carbonyl (C=O) groups excluding carboxylic acids is 1. The van der Waals surface area contributed by atoms with E-state index in [4.69, 9.17) is 9.84 Å². The van der Waals surface area contributed by atoms with Gasteiger partial charge in [0.25, 0.3) is 5.91 Å². The molecule has 0 aromatic heterocycles. The van der Waals surface area contributed by atoms with Gasteiger partial charge >= 0.3 is 5.97 Å². The average Bonchev–Trinajstić information content (AvgIpc) is 2.37. The first-order valence-electron chi connectivity index (χ1n) is 6.04. The first kappa shape index (κ1) is 17.0. The lowest BCUT2D eigenvalue weighted by Crippen LogP contribution is -2.42. The molecule has 1 aromatic rings. The molecule has 0 saturated carbocycles. The zero-order valence-electron chi connectivity index (χ0n) is 10.9. The fraction of sp³-hybridized carbons (Fsp3) is 0.385. The summed E-state index contributed by atoms with van der Waals surface area (Å²) in [6.07, 6.45) is 1.07. The zero-order valence-corrected chi connectivity index (χ0v) is 14.0. The van der Waals surface area contributed by atoms with E-state index in [0.717, 1.165) is 4.47 Å². The molecule has 0 saturated heterocycles. The van der Waals surface area contributed by atoms with Crippen molar-refractivity contribution in [3.63, 3.8) is 0 Å². The minimum absolute atomic E-state index is 0.228. The fourth-order valence-electron chi connectivity index (χ4n) is 1.52. The van der Waals surface area contributed by atoms with Crippen LogP contribution in [0.5, 0.6) is 5.75 Å². The maximum absolute atomic E-state index is 11.7. The zero-order chi connectivity index (χ0) is 15.1. The highest BCUT2D eigenvalue weighted by Crippen LogP contribution is 2.28. The Morgan fingerprint density at radius 3 is 2.65 bits per heavy atom. The van der Waals surface area contributed by atoms with Gasteiger partial charge in [0.1, 0.15) is 11.8 Å². The Morgan fingerprint density at radius 2 is 2.10 bits per heavy atom. The summed E-state index contributed by atoms with van der Waals surface area (Å²) in [5, 5.41) is 11.4. The molecule has 110 valence electrons. The van der Waals surface area contributed by atoms with Gasteiger partial charge in [0, 0.05) is 4.47 Å². The van der Waals surface area contributed by atoms with Crippen LogP contribution in [0.25, 0.3) is 0 Å². The molecule has 1 amide bonds. The van der Waals surface area contributed by atoms with E-state index >= 15 is 0 Å². The SMILES string of the molecule is CCC[C@@H](NC(=O)COc1ccc(Br)cc1Br)C(=O)O. The van der Waals surface area contributed by atoms with Crippen LogP contribution in [0, 0.1) is 0 Å². The Kier molecular flexibility index (Phi) is 7.01. The number of hydrogen-bond donors (Lipinski definition) is 2. The van der Waals surface area contributed by atoms with Gasteiger partial charge in [0.2, 0.25) is 0 Å². The van der Waals surface area contributed by atoms with Gasteiger partial charge in [0.05, 0.1) is 4.47 Å². The maximum Gasteiger partial charge on any atom is 0.326 e. The van der Waals surface area contributed by atoms with Crippen LogP contribution in [0.2, 0.25) is 0 Å². The van der Waals surface area contributed by atoms with Crippen molar-refractivity contribution in [2.45, 2.75) is 25.8 Å². The monoisotopic (exact) mass is 407 g/mol. The number of aliphatic carboxylic acids is 1. The number of rotatable bonds is 7. The number of halogens is 2. The summed E-state index contributed by atoms with van der Waals surface area (Å²) < 4.78 is 6.94. The molecule has 0 aliphatic rings. The maximum atomic E-state index is 11.7. The van der Waals surface area contributed by atoms with Gasteiger partial charge in [-0.3, -0.25) is 4.79 Å². The second-order valence-corrected chi connectivity index (χ2v) is 5.88. The van der Waals surface area contributed by atoms with Crippen molar-refractivity contribution in [1.29, 1.82) is 0 Å². The minimum Gasteiger partial charge on any atom is -0.483 e. The lowest BCUT2D eigenvalue weighted by molar-refractivity contribution is -0.142. The van der Waals surface area contributed by atoms with Crippen molar-refractivity contribution in [3.05, 3.63) is 27.1 Å². The third-order valence-electron chi connectivity index (χ3n) is 2.46. The quantitative estimate of drug-likeness (QED) is 0.727. The molecule has 0 spiro atoms. The Bertz CT molecular complexity index is 493. The van der Waals surface area contributed by atoms with Crippen molar-refractivity contribution in [1.82, 2.24) is 5.32 Å². The van der Waals surface area contributed by atoms with E-state index in [1.807, 2.05) is 6.92 Å². The number of carboxylic acid groups (broad SMARTS) is 1. The molecule has 0 aliphatic heterocycles. The highest BCUT2D eigenvalue weighted by molar-refractivity contribution is 9.11. The van der Waals surface area contributed by atoms with Crippen molar-refractivity contribution in [2.75, 3.05) is 6.61 Å². The van der Waals surface area contributed by atoms with Gasteiger partial charge in [0.15, 0.2) is 6.61 Å². The predicted octanol–water partition coefficient (Wildman–Crippen LogP) is 2.96. The number of benzene rings is 1. The van der Waals surface area contributed by atoms with Gasteiger partial charge in [-0.25, -0.2) is 4.79 Å². The van der Waals surface area contributed by atoms with Gasteiger partial charge < -0.3 is 15.2 Å². The summed E-state index contributed by atoms with van der Waals surface area (Å²) in [5.74, 6) is -0.976. The molecule has 0 bridgehead atoms. The molecule has 7 heteroatoms. The first-order valence-corrected chi connectivity index (χ1v) is 7.62. The normalized spacial score (nSPS) is 11.8. The third kappa shape index (κ3) is 5.50. The van der Waals surface area contributed by atoms with Crippen LogP contribution >= 0.6 is 31.9 Å². The molecule has 2 N–H and O–H groups in total. The average molecular weight is 409 g/mol. The van der Waals surface area contributed by atoms with Gasteiger partial charge in [-0.1, -0.05) is 29.3 Å². The molecular weight excluding hydrogens is 394 g/mol. The number of ether oxygens (including phenoxy) is 1. The highest BCUT2D eigenvalue weighted by atomic mass is 79.9. The van der Waals surface area contributed by atoms with E-state index in [1.54, 1.807) is 18.2 Å². The van der Waals surface area contributed by atoms with Gasteiger partial charge in [-0.2, -0.15) is 0 Å². The molecule has 20 heavy (non-hydrogen) atoms. The number of nitrogens with one attached hydrogen (secondary N) is 1. The molecule has 0 radical (unpaired) electrons. The number of carbonyl (C=O) groups is 2. The molecule has 1 rings (SSSR count). The summed E-state index contributed by atoms with van der Waals surface area (Å²) in [4.78, 5) is 22.6. The van der Waals surface area contributed by atoms with Gasteiger partial charge in [-0.05, 0) is 40.5 Å². The van der Waals surface area contributed by atoms with Crippen LogP contribution < -0.4 is 10.1 Å². The van der Waals surface area contributed by atoms with Crippen molar-refractivity contribution < 1.29 is 19.4 Å². The Labute approximate surface area is 134 Å². The molecule has 1 atom stereocenters. The smallest absolute Gasteiger partial charge is 0.326 e. The second kappa shape index (κ2) is 8.26. The van der Waals surface area contributed by atoms with Crippen LogP contribution in [0.4, 0.5) is 0 Å². The molecule has 0 fully saturated rings. The highest BCUT2D eigenvalue weighted by Gasteiger charge is 2.19. The summed E-state index contributed by atoms with van der Waals surface area (Å²) in [6.45, 7) is 1.63. The Hall–Kier alpha value is -1.08. The summed E-state index contributed by atoms with van der Waals surface area (Å²) in [5.41, 5.74) is 0. The second-order valence-electron chi connectivity index (χ2n) is 4.11. The van der Waals surface area contributed by atoms with E-state index in [-0.39, 0.29) is 6.61 Å². The first-order chi connectivity index (χ1) is 9.43. The molecule has 1 aromatic carbocycles. The largest absolute Gasteiger partial charge is 0.483 e. The van der Waals surface area contributed by atoms with Crippen LogP contribution in [0.1, 0.15) is 19.8 Å². The summed E-state index contributed by atoms with van der Waals surface area (Å²) in [7, 11) is 0. The van der Waals surface area contributed by atoms with Gasteiger partial charge in [-0.15, -0.1) is 0 Å². The Morgan fingerprint density at radius 1 is 1.40 bits per heavy atom. The molecule has 0 unspecified atom stereocenters. The summed E-state index contributed by atoms with van der Waals surface area (Å²) >= 11 is 6.63. The third-order valence-corrected chi connectivity index (χ3v) is 3.58. The van der Waals surface area contributed by atoms with Crippen molar-refractivity contribution in [2.24, 2.45) is 0 Å². The van der Waals surface area contributed by atoms with E-state index in [2.05, 4.69) is 37.2 Å². The number of carboxylic acids is 1. The topological polar surface area (TPSA) is 75.6 Å². The van der Waals surface area contributed by atoms with Crippen molar-refractivity contribution >= 4 is 43.7 Å². The molecule has 0 heterocycles. The fourth-order valence-corrected chi connectivity index (χ4v) is 2.68. The van der Waals surface area contributed by atoms with Crippen molar-refractivity contribution in [3.8, 4) is 5.75 Å².